The van der Waals surface area contributed by atoms with E-state index in [9.17, 15) is 22.8 Å². The van der Waals surface area contributed by atoms with Crippen molar-refractivity contribution in [3.05, 3.63) is 58.4 Å². The van der Waals surface area contributed by atoms with Gasteiger partial charge < -0.3 is 14.0 Å². The Morgan fingerprint density at radius 1 is 1.21 bits per heavy atom. The van der Waals surface area contributed by atoms with Gasteiger partial charge in [0.1, 0.15) is 18.9 Å². The van der Waals surface area contributed by atoms with Crippen LogP contribution in [0.4, 0.5) is 24.0 Å². The third-order valence-corrected chi connectivity index (χ3v) is 5.73. The molecule has 33 heavy (non-hydrogen) atoms. The molecule has 0 N–H and O–H groups in total. The summed E-state index contributed by atoms with van der Waals surface area (Å²) in [6.07, 6.45) is -4.41. The van der Waals surface area contributed by atoms with E-state index in [1.54, 1.807) is 29.6 Å². The molecule has 0 aliphatic heterocycles. The van der Waals surface area contributed by atoms with Crippen molar-refractivity contribution in [3.63, 3.8) is 0 Å². The number of anilines is 2. The highest BCUT2D eigenvalue weighted by molar-refractivity contribution is 7.14. The minimum absolute atomic E-state index is 0.0617. The number of halogens is 3. The summed E-state index contributed by atoms with van der Waals surface area (Å²) < 4.78 is 50.0. The van der Waals surface area contributed by atoms with Gasteiger partial charge in [0.15, 0.2) is 5.13 Å². The maximum absolute atomic E-state index is 12.8. The van der Waals surface area contributed by atoms with E-state index < -0.39 is 18.7 Å². The highest BCUT2D eigenvalue weighted by Crippen LogP contribution is 2.35. The van der Waals surface area contributed by atoms with E-state index in [0.29, 0.717) is 28.0 Å². The summed E-state index contributed by atoms with van der Waals surface area (Å²) in [7, 11) is 1.50. The molecule has 2 heterocycles. The average molecular weight is 481 g/mol. The lowest BCUT2D eigenvalue weighted by atomic mass is 10.2. The van der Waals surface area contributed by atoms with E-state index in [0.717, 1.165) is 4.57 Å². The second-order valence-electron chi connectivity index (χ2n) is 7.21. The molecule has 1 aromatic carbocycles. The maximum atomic E-state index is 12.8. The summed E-state index contributed by atoms with van der Waals surface area (Å²) >= 11 is 1.18. The summed E-state index contributed by atoms with van der Waals surface area (Å²) in [6, 6.07) is 8.35. The Balaban J connectivity index is 1.75. The molecule has 2 aromatic heterocycles. The molecule has 0 saturated carbocycles. The van der Waals surface area contributed by atoms with Crippen molar-refractivity contribution in [2.75, 3.05) is 12.0 Å². The van der Waals surface area contributed by atoms with Gasteiger partial charge in [-0.2, -0.15) is 13.2 Å². The Morgan fingerprint density at radius 3 is 2.55 bits per heavy atom. The summed E-state index contributed by atoms with van der Waals surface area (Å²) in [6.45, 7) is 2.95. The van der Waals surface area contributed by atoms with Crippen molar-refractivity contribution in [2.24, 2.45) is 0 Å². The first kappa shape index (κ1) is 24.3. The van der Waals surface area contributed by atoms with Gasteiger partial charge in [-0.1, -0.05) is 12.1 Å². The number of thiazole rings is 1. The van der Waals surface area contributed by atoms with Gasteiger partial charge in [0.2, 0.25) is 5.91 Å². The first-order chi connectivity index (χ1) is 15.5. The van der Waals surface area contributed by atoms with Crippen LogP contribution in [-0.2, 0) is 22.7 Å². The van der Waals surface area contributed by atoms with Crippen LogP contribution in [0.15, 0.2) is 35.7 Å². The van der Waals surface area contributed by atoms with Gasteiger partial charge in [-0.3, -0.25) is 9.69 Å². The summed E-state index contributed by atoms with van der Waals surface area (Å²) in [5.41, 5.74) is 1.46. The number of alkyl halides is 3. The quantitative estimate of drug-likeness (QED) is 0.435. The number of esters is 1. The molecule has 0 fully saturated rings. The van der Waals surface area contributed by atoms with Crippen LogP contribution in [0.5, 0.6) is 5.75 Å². The fraction of sp³-hybridized carbons (Fsp3) is 0.318. The largest absolute Gasteiger partial charge is 0.495 e. The van der Waals surface area contributed by atoms with Gasteiger partial charge in [-0.05, 0) is 32.0 Å². The number of aryl methyl sites for hydroxylation is 1. The highest BCUT2D eigenvalue weighted by atomic mass is 32.1. The van der Waals surface area contributed by atoms with E-state index in [4.69, 9.17) is 9.47 Å². The molecule has 7 nitrogen and oxygen atoms in total. The monoisotopic (exact) mass is 481 g/mol. The van der Waals surface area contributed by atoms with Crippen LogP contribution in [0.2, 0.25) is 0 Å². The Morgan fingerprint density at radius 2 is 1.91 bits per heavy atom. The van der Waals surface area contributed by atoms with Gasteiger partial charge in [0.25, 0.3) is 0 Å². The number of carbonyl (C=O) groups excluding carboxylic acids is 2. The molecule has 0 bridgehead atoms. The predicted octanol–water partition coefficient (Wildman–Crippen LogP) is 5.17. The summed E-state index contributed by atoms with van der Waals surface area (Å²) in [4.78, 5) is 30.6. The molecule has 3 aromatic rings. The number of hydrogen-bond donors (Lipinski definition) is 0. The Bertz CT molecular complexity index is 1170. The van der Waals surface area contributed by atoms with Crippen molar-refractivity contribution in [3.8, 4) is 5.75 Å². The van der Waals surface area contributed by atoms with E-state index in [-0.39, 0.29) is 23.8 Å². The molecule has 3 rings (SSSR count). The average Bonchev–Trinajstić information content (AvgIpc) is 3.31. The van der Waals surface area contributed by atoms with Gasteiger partial charge in [0.05, 0.1) is 24.1 Å². The molecule has 0 aliphatic rings. The first-order valence-corrected chi connectivity index (χ1v) is 10.7. The minimum atomic E-state index is -4.41. The first-order valence-electron chi connectivity index (χ1n) is 9.80. The lowest BCUT2D eigenvalue weighted by molar-refractivity contribution is -0.141. The van der Waals surface area contributed by atoms with E-state index >= 15 is 0 Å². The molecule has 0 radical (unpaired) electrons. The van der Waals surface area contributed by atoms with Crippen LogP contribution in [0, 0.1) is 13.8 Å². The molecule has 1 amide bonds. The molecular formula is C22H22F3N3O4S. The number of aromatic nitrogens is 2. The number of carbonyl (C=O) groups is 2. The smallest absolute Gasteiger partial charge is 0.406 e. The summed E-state index contributed by atoms with van der Waals surface area (Å²) in [5.74, 6) is -0.543. The number of hydrogen-bond acceptors (Lipinski definition) is 6. The van der Waals surface area contributed by atoms with E-state index in [1.807, 2.05) is 0 Å². The van der Waals surface area contributed by atoms with Crippen molar-refractivity contribution in [1.82, 2.24) is 9.55 Å². The van der Waals surface area contributed by atoms with Gasteiger partial charge in [-0.15, -0.1) is 11.3 Å². The topological polar surface area (TPSA) is 73.7 Å². The number of ether oxygens (including phenoxy) is 2. The zero-order chi connectivity index (χ0) is 24.3. The number of amides is 1. The third kappa shape index (κ3) is 5.54. The molecule has 0 spiro atoms. The zero-order valence-electron chi connectivity index (χ0n) is 18.4. The Hall–Kier alpha value is -3.34. The number of rotatable bonds is 7. The minimum Gasteiger partial charge on any atom is -0.495 e. The second kappa shape index (κ2) is 9.65. The SMILES string of the molecule is COc1ccccc1N(C(C)=O)c1nc(COC(=O)c2cc(C)n(CC(F)(F)F)c2C)cs1. The van der Waals surface area contributed by atoms with Crippen LogP contribution < -0.4 is 9.64 Å². The van der Waals surface area contributed by atoms with Crippen LogP contribution in [0.3, 0.4) is 0 Å². The molecule has 176 valence electrons. The molecule has 11 heteroatoms. The van der Waals surface area contributed by atoms with E-state index in [1.165, 1.54) is 50.2 Å². The van der Waals surface area contributed by atoms with Crippen LogP contribution >= 0.6 is 11.3 Å². The van der Waals surface area contributed by atoms with Gasteiger partial charge in [-0.25, -0.2) is 9.78 Å². The van der Waals surface area contributed by atoms with Crippen molar-refractivity contribution < 1.29 is 32.2 Å². The highest BCUT2D eigenvalue weighted by Gasteiger charge is 2.30. The zero-order valence-corrected chi connectivity index (χ0v) is 19.2. The molecular weight excluding hydrogens is 459 g/mol. The van der Waals surface area contributed by atoms with Gasteiger partial charge >= 0.3 is 12.1 Å². The fourth-order valence-corrected chi connectivity index (χ4v) is 4.20. The molecule has 0 unspecified atom stereocenters. The lowest BCUT2D eigenvalue weighted by Gasteiger charge is -2.20. The van der Waals surface area contributed by atoms with Crippen molar-refractivity contribution in [2.45, 2.75) is 40.1 Å². The Labute approximate surface area is 192 Å². The molecule has 0 atom stereocenters. The van der Waals surface area contributed by atoms with Gasteiger partial charge in [0, 0.05) is 23.7 Å². The number of para-hydroxylation sites is 2. The number of benzene rings is 1. The predicted molar refractivity (Wildman–Crippen MR) is 117 cm³/mol. The van der Waals surface area contributed by atoms with Crippen LogP contribution in [0.25, 0.3) is 0 Å². The normalized spacial score (nSPS) is 11.4. The van der Waals surface area contributed by atoms with Crippen molar-refractivity contribution >= 4 is 34.0 Å². The fourth-order valence-electron chi connectivity index (χ4n) is 3.33. The van der Waals surface area contributed by atoms with Crippen LogP contribution in [0.1, 0.15) is 34.4 Å². The third-order valence-electron chi connectivity index (χ3n) is 4.85. The molecule has 0 aliphatic carbocycles. The Kier molecular flexibility index (Phi) is 7.11. The number of nitrogens with zero attached hydrogens (tertiary/aromatic N) is 3. The maximum Gasteiger partial charge on any atom is 0.406 e. The lowest BCUT2D eigenvalue weighted by Crippen LogP contribution is -2.23. The summed E-state index contributed by atoms with van der Waals surface area (Å²) in [5, 5.41) is 2.00. The van der Waals surface area contributed by atoms with Crippen molar-refractivity contribution in [1.29, 1.82) is 0 Å². The van der Waals surface area contributed by atoms with Crippen LogP contribution in [-0.4, -0.2) is 34.7 Å². The van der Waals surface area contributed by atoms with E-state index in [2.05, 4.69) is 4.98 Å². The molecule has 0 saturated heterocycles. The number of methoxy groups -OCH3 is 1. The standard InChI is InChI=1S/C22H22F3N3O4S/c1-13-9-17(14(2)27(13)12-22(23,24)25)20(30)32-10-16-11-33-21(26-16)28(15(3)29)18-7-5-6-8-19(18)31-4/h5-9,11H,10,12H2,1-4H3. The second-order valence-corrected chi connectivity index (χ2v) is 8.05.